The van der Waals surface area contributed by atoms with Gasteiger partial charge in [-0.3, -0.25) is 9.59 Å². The predicted octanol–water partition coefficient (Wildman–Crippen LogP) is 3.74. The highest BCUT2D eigenvalue weighted by Gasteiger charge is 2.39. The average molecular weight is 360 g/mol. The van der Waals surface area contributed by atoms with Gasteiger partial charge >= 0.3 is 5.97 Å². The molecule has 1 amide bonds. The zero-order valence-electron chi connectivity index (χ0n) is 17.0. The standard InChI is InChI=1S/C18H37NO4Si/c1-17(2,3)24(8,9)23-13-18(4,5)12-14(16(21)22-7)10-11-15(20)19-6/h14H,10-13H2,1-9H3,(H,19,20). The minimum atomic E-state index is -1.82. The van der Waals surface area contributed by atoms with Crippen LogP contribution in [0.25, 0.3) is 0 Å². The van der Waals surface area contributed by atoms with Crippen molar-refractivity contribution in [1.82, 2.24) is 5.32 Å². The van der Waals surface area contributed by atoms with Crippen molar-refractivity contribution in [2.45, 2.75) is 72.0 Å². The van der Waals surface area contributed by atoms with Gasteiger partial charge in [0.2, 0.25) is 5.91 Å². The topological polar surface area (TPSA) is 64.6 Å². The van der Waals surface area contributed by atoms with Gasteiger partial charge in [-0.2, -0.15) is 0 Å². The second kappa shape index (κ2) is 8.99. The Labute approximate surface area is 149 Å². The van der Waals surface area contributed by atoms with Crippen molar-refractivity contribution in [3.05, 3.63) is 0 Å². The van der Waals surface area contributed by atoms with Crippen molar-refractivity contribution in [3.63, 3.8) is 0 Å². The minimum Gasteiger partial charge on any atom is -0.469 e. The number of ether oxygens (including phenoxy) is 1. The molecule has 0 heterocycles. The summed E-state index contributed by atoms with van der Waals surface area (Å²) >= 11 is 0. The van der Waals surface area contributed by atoms with E-state index in [0.717, 1.165) is 0 Å². The fourth-order valence-corrected chi connectivity index (χ4v) is 3.40. The smallest absolute Gasteiger partial charge is 0.308 e. The summed E-state index contributed by atoms with van der Waals surface area (Å²) in [5, 5.41) is 2.75. The highest BCUT2D eigenvalue weighted by Crippen LogP contribution is 2.38. The van der Waals surface area contributed by atoms with Crippen LogP contribution in [0.15, 0.2) is 0 Å². The van der Waals surface area contributed by atoms with Gasteiger partial charge in [-0.05, 0) is 36.4 Å². The van der Waals surface area contributed by atoms with Crippen LogP contribution in [0.3, 0.4) is 0 Å². The Kier molecular flexibility index (Phi) is 8.66. The number of rotatable bonds is 9. The summed E-state index contributed by atoms with van der Waals surface area (Å²) in [5.41, 5.74) is -0.156. The molecule has 6 heteroatoms. The summed E-state index contributed by atoms with van der Waals surface area (Å²) < 4.78 is 11.2. The Balaban J connectivity index is 4.85. The summed E-state index contributed by atoms with van der Waals surface area (Å²) in [6, 6.07) is 0. The second-order valence-corrected chi connectivity index (χ2v) is 13.7. The maximum atomic E-state index is 12.1. The Morgan fingerprint density at radius 2 is 1.67 bits per heavy atom. The molecule has 5 nitrogen and oxygen atoms in total. The number of hydrogen-bond donors (Lipinski definition) is 1. The molecular formula is C18H37NO4Si. The molecule has 1 unspecified atom stereocenters. The first-order chi connectivity index (χ1) is 10.8. The van der Waals surface area contributed by atoms with Crippen LogP contribution in [0.4, 0.5) is 0 Å². The zero-order chi connectivity index (χ0) is 19.2. The predicted molar refractivity (Wildman–Crippen MR) is 100 cm³/mol. The van der Waals surface area contributed by atoms with Gasteiger partial charge in [0.15, 0.2) is 8.32 Å². The summed E-state index contributed by atoms with van der Waals surface area (Å²) in [4.78, 5) is 23.5. The lowest BCUT2D eigenvalue weighted by molar-refractivity contribution is -0.147. The number of esters is 1. The van der Waals surface area contributed by atoms with E-state index in [1.165, 1.54) is 7.11 Å². The summed E-state index contributed by atoms with van der Waals surface area (Å²) in [7, 11) is 1.18. The zero-order valence-corrected chi connectivity index (χ0v) is 18.0. The molecule has 1 atom stereocenters. The number of carbonyl (C=O) groups excluding carboxylic acids is 2. The highest BCUT2D eigenvalue weighted by atomic mass is 28.4. The molecule has 1 N–H and O–H groups in total. The van der Waals surface area contributed by atoms with Gasteiger partial charge in [-0.15, -0.1) is 0 Å². The van der Waals surface area contributed by atoms with Crippen LogP contribution in [-0.4, -0.2) is 41.0 Å². The Morgan fingerprint density at radius 3 is 2.08 bits per heavy atom. The minimum absolute atomic E-state index is 0.0563. The lowest BCUT2D eigenvalue weighted by Gasteiger charge is -2.39. The van der Waals surface area contributed by atoms with Crippen LogP contribution in [0, 0.1) is 11.3 Å². The van der Waals surface area contributed by atoms with Crippen LogP contribution in [0.1, 0.15) is 53.9 Å². The van der Waals surface area contributed by atoms with E-state index >= 15 is 0 Å². The van der Waals surface area contributed by atoms with Crippen LogP contribution >= 0.6 is 0 Å². The van der Waals surface area contributed by atoms with Crippen molar-refractivity contribution < 1.29 is 18.8 Å². The molecule has 0 aromatic carbocycles. The van der Waals surface area contributed by atoms with Crippen LogP contribution in [-0.2, 0) is 18.8 Å². The first-order valence-electron chi connectivity index (χ1n) is 8.68. The molecule has 0 aromatic rings. The average Bonchev–Trinajstić information content (AvgIpc) is 2.47. The van der Waals surface area contributed by atoms with Crippen molar-refractivity contribution >= 4 is 20.2 Å². The summed E-state index contributed by atoms with van der Waals surface area (Å²) in [5.74, 6) is -0.594. The Morgan fingerprint density at radius 1 is 1.12 bits per heavy atom. The molecule has 0 saturated heterocycles. The fraction of sp³-hybridized carbons (Fsp3) is 0.889. The molecule has 0 aliphatic carbocycles. The van der Waals surface area contributed by atoms with E-state index in [1.807, 2.05) is 0 Å². The van der Waals surface area contributed by atoms with Crippen molar-refractivity contribution in [1.29, 1.82) is 0 Å². The lowest BCUT2D eigenvalue weighted by Crippen LogP contribution is -2.43. The van der Waals surface area contributed by atoms with Crippen LogP contribution in [0.2, 0.25) is 18.1 Å². The summed E-state index contributed by atoms with van der Waals surface area (Å²) in [6.45, 7) is 15.9. The van der Waals surface area contributed by atoms with Gasteiger partial charge in [0, 0.05) is 20.1 Å². The molecule has 0 rings (SSSR count). The molecule has 0 aromatic heterocycles. The first kappa shape index (κ1) is 23.1. The molecular weight excluding hydrogens is 322 g/mol. The van der Waals surface area contributed by atoms with Gasteiger partial charge in [-0.1, -0.05) is 34.6 Å². The molecule has 0 aliphatic heterocycles. The Bertz CT molecular complexity index is 427. The maximum Gasteiger partial charge on any atom is 0.308 e. The Hall–Kier alpha value is -0.883. The van der Waals surface area contributed by atoms with Crippen LogP contribution in [0.5, 0.6) is 0 Å². The number of hydrogen-bond acceptors (Lipinski definition) is 4. The molecule has 0 spiro atoms. The molecule has 0 aliphatic rings. The van der Waals surface area contributed by atoms with Gasteiger partial charge < -0.3 is 14.5 Å². The molecule has 24 heavy (non-hydrogen) atoms. The van der Waals surface area contributed by atoms with E-state index in [0.29, 0.717) is 25.9 Å². The van der Waals surface area contributed by atoms with Gasteiger partial charge in [-0.25, -0.2) is 0 Å². The normalized spacial score (nSPS) is 14.2. The summed E-state index contributed by atoms with van der Waals surface area (Å²) in [6.07, 6.45) is 1.47. The van der Waals surface area contributed by atoms with Gasteiger partial charge in [0.1, 0.15) is 0 Å². The first-order valence-corrected chi connectivity index (χ1v) is 11.6. The maximum absolute atomic E-state index is 12.1. The monoisotopic (exact) mass is 359 g/mol. The molecule has 0 fully saturated rings. The third-order valence-corrected chi connectivity index (χ3v) is 9.44. The van der Waals surface area contributed by atoms with E-state index in [-0.39, 0.29) is 28.2 Å². The molecule has 0 radical (unpaired) electrons. The van der Waals surface area contributed by atoms with Crippen molar-refractivity contribution in [2.75, 3.05) is 20.8 Å². The fourth-order valence-electron chi connectivity index (χ4n) is 2.22. The number of amides is 1. The molecule has 142 valence electrons. The van der Waals surface area contributed by atoms with E-state index < -0.39 is 8.32 Å². The van der Waals surface area contributed by atoms with E-state index in [9.17, 15) is 9.59 Å². The quantitative estimate of drug-likeness (QED) is 0.503. The third-order valence-electron chi connectivity index (χ3n) is 4.96. The van der Waals surface area contributed by atoms with Crippen molar-refractivity contribution in [3.8, 4) is 0 Å². The molecule has 0 bridgehead atoms. The van der Waals surface area contributed by atoms with E-state index in [1.54, 1.807) is 7.05 Å². The largest absolute Gasteiger partial charge is 0.469 e. The highest BCUT2D eigenvalue weighted by molar-refractivity contribution is 6.74. The number of carbonyl (C=O) groups is 2. The lowest BCUT2D eigenvalue weighted by atomic mass is 9.81. The van der Waals surface area contributed by atoms with E-state index in [4.69, 9.17) is 9.16 Å². The van der Waals surface area contributed by atoms with Gasteiger partial charge in [0.05, 0.1) is 13.0 Å². The van der Waals surface area contributed by atoms with E-state index in [2.05, 4.69) is 53.0 Å². The van der Waals surface area contributed by atoms with Crippen LogP contribution < -0.4 is 5.32 Å². The van der Waals surface area contributed by atoms with Gasteiger partial charge in [0.25, 0.3) is 0 Å². The molecule has 0 saturated carbocycles. The van der Waals surface area contributed by atoms with Crippen molar-refractivity contribution in [2.24, 2.45) is 11.3 Å². The number of methoxy groups -OCH3 is 1. The second-order valence-electron chi connectivity index (χ2n) is 8.85. The SMILES string of the molecule is CNC(=O)CCC(CC(C)(C)CO[Si](C)(C)C(C)(C)C)C(=O)OC. The number of nitrogens with one attached hydrogen (secondary N) is 1. The third kappa shape index (κ3) is 7.79.